The first kappa shape index (κ1) is 6.35. The van der Waals surface area contributed by atoms with Crippen molar-refractivity contribution in [3.8, 4) is 0 Å². The molecule has 1 atom stereocenters. The Morgan fingerprint density at radius 3 is 2.33 bits per heavy atom. The minimum Gasteiger partial charge on any atom is -0.159 e. The third-order valence-corrected chi connectivity index (χ3v) is 1.35. The predicted molar refractivity (Wildman–Crippen MR) is 33.0 cm³/mol. The van der Waals surface area contributed by atoms with Gasteiger partial charge in [0.1, 0.15) is 0 Å². The molecule has 0 aliphatic heterocycles. The Hall–Kier alpha value is 0.350. The summed E-state index contributed by atoms with van der Waals surface area (Å²) in [6, 6.07) is 0. The van der Waals surface area contributed by atoms with E-state index < -0.39 is 0 Å². The van der Waals surface area contributed by atoms with Crippen molar-refractivity contribution in [2.45, 2.75) is 19.1 Å². The molecule has 0 spiro atoms. The molecule has 1 unspecified atom stereocenters. The lowest BCUT2D eigenvalue weighted by molar-refractivity contribution is 1.24. The van der Waals surface area contributed by atoms with Gasteiger partial charge in [-0.15, -0.1) is 0 Å². The Kier molecular flexibility index (Phi) is 3.74. The van der Waals surface area contributed by atoms with Gasteiger partial charge in [0.25, 0.3) is 0 Å². The first-order valence-electron chi connectivity index (χ1n) is 2.22. The van der Waals surface area contributed by atoms with Crippen LogP contribution in [0.2, 0.25) is 0 Å². The molecule has 0 amide bonds. The van der Waals surface area contributed by atoms with E-state index in [2.05, 4.69) is 20.8 Å². The summed E-state index contributed by atoms with van der Waals surface area (Å²) in [7, 11) is 0. The third kappa shape index (κ3) is 4.35. The molecule has 0 heterocycles. The van der Waals surface area contributed by atoms with Crippen LogP contribution >= 0.6 is 11.8 Å². The maximum absolute atomic E-state index is 3.79. The first-order chi connectivity index (χ1) is 2.77. The standard InChI is InChI=1S/C5H11S/c1-4-6-5(2)3/h5H,2,4H2,1,3H3. The van der Waals surface area contributed by atoms with Gasteiger partial charge in [0.15, 0.2) is 0 Å². The molecule has 1 radical (unpaired) electrons. The van der Waals surface area contributed by atoms with E-state index in [0.29, 0.717) is 5.25 Å². The van der Waals surface area contributed by atoms with Gasteiger partial charge < -0.3 is 0 Å². The summed E-state index contributed by atoms with van der Waals surface area (Å²) in [6.45, 7) is 8.04. The number of thioether (sulfide) groups is 1. The molecule has 37 valence electrons. The molecule has 0 aromatic rings. The van der Waals surface area contributed by atoms with Crippen molar-refractivity contribution >= 4 is 11.8 Å². The molecule has 0 saturated heterocycles. The second-order valence-electron chi connectivity index (χ2n) is 1.27. The van der Waals surface area contributed by atoms with E-state index in [0.717, 1.165) is 0 Å². The van der Waals surface area contributed by atoms with E-state index in [1.807, 2.05) is 11.8 Å². The van der Waals surface area contributed by atoms with E-state index in [9.17, 15) is 0 Å². The normalized spacial score (nSPS) is 10.0. The largest absolute Gasteiger partial charge is 0.159 e. The van der Waals surface area contributed by atoms with E-state index in [1.165, 1.54) is 5.75 Å². The summed E-state index contributed by atoms with van der Waals surface area (Å²) >= 11 is 1.87. The molecule has 0 rings (SSSR count). The molecule has 1 heteroatoms. The van der Waals surface area contributed by atoms with E-state index in [4.69, 9.17) is 0 Å². The zero-order valence-corrected chi connectivity index (χ0v) is 5.22. The molecule has 0 bridgehead atoms. The Morgan fingerprint density at radius 1 is 1.83 bits per heavy atom. The van der Waals surface area contributed by atoms with Gasteiger partial charge in [-0.3, -0.25) is 0 Å². The highest BCUT2D eigenvalue weighted by Gasteiger charge is 1.85. The summed E-state index contributed by atoms with van der Waals surface area (Å²) in [4.78, 5) is 0. The van der Waals surface area contributed by atoms with Crippen LogP contribution in [0, 0.1) is 6.92 Å². The van der Waals surface area contributed by atoms with Gasteiger partial charge in [0.05, 0.1) is 0 Å². The van der Waals surface area contributed by atoms with Crippen molar-refractivity contribution in [3.05, 3.63) is 6.92 Å². The minimum absolute atomic E-state index is 0.565. The van der Waals surface area contributed by atoms with Gasteiger partial charge in [-0.2, -0.15) is 11.8 Å². The van der Waals surface area contributed by atoms with Crippen LogP contribution in [0.1, 0.15) is 13.8 Å². The Morgan fingerprint density at radius 2 is 2.33 bits per heavy atom. The average Bonchev–Trinajstić information content (AvgIpc) is 1.35. The molecule has 0 aliphatic carbocycles. The van der Waals surface area contributed by atoms with Crippen LogP contribution in [-0.2, 0) is 0 Å². The van der Waals surface area contributed by atoms with E-state index in [-0.39, 0.29) is 0 Å². The average molecular weight is 103 g/mol. The quantitative estimate of drug-likeness (QED) is 0.515. The van der Waals surface area contributed by atoms with Gasteiger partial charge >= 0.3 is 0 Å². The minimum atomic E-state index is 0.565. The van der Waals surface area contributed by atoms with Crippen LogP contribution < -0.4 is 0 Å². The highest BCUT2D eigenvalue weighted by Crippen LogP contribution is 2.05. The molecular weight excluding hydrogens is 92.1 g/mol. The summed E-state index contributed by atoms with van der Waals surface area (Å²) in [5.74, 6) is 1.19. The second-order valence-corrected chi connectivity index (χ2v) is 2.98. The fourth-order valence-electron chi connectivity index (χ4n) is 0.285. The van der Waals surface area contributed by atoms with Crippen LogP contribution in [0.3, 0.4) is 0 Å². The summed E-state index contributed by atoms with van der Waals surface area (Å²) in [5, 5.41) is 0.565. The number of hydrogen-bond donors (Lipinski definition) is 0. The Bertz CT molecular complexity index is 25.1. The van der Waals surface area contributed by atoms with Crippen molar-refractivity contribution in [1.82, 2.24) is 0 Å². The van der Waals surface area contributed by atoms with Gasteiger partial charge in [-0.1, -0.05) is 13.8 Å². The molecule has 6 heavy (non-hydrogen) atoms. The van der Waals surface area contributed by atoms with Gasteiger partial charge in [0, 0.05) is 5.25 Å². The summed E-state index contributed by atoms with van der Waals surface area (Å²) in [5.41, 5.74) is 0. The number of hydrogen-bond acceptors (Lipinski definition) is 1. The SMILES string of the molecule is [CH2]C(C)SCC. The highest BCUT2D eigenvalue weighted by molar-refractivity contribution is 7.99. The zero-order chi connectivity index (χ0) is 4.99. The van der Waals surface area contributed by atoms with E-state index >= 15 is 0 Å². The molecule has 0 aliphatic rings. The molecule has 0 fully saturated rings. The zero-order valence-electron chi connectivity index (χ0n) is 4.40. The lowest BCUT2D eigenvalue weighted by Gasteiger charge is -1.96. The fraction of sp³-hybridized carbons (Fsp3) is 0.800. The maximum atomic E-state index is 3.79. The molecule has 0 N–H and O–H groups in total. The predicted octanol–water partition coefficient (Wildman–Crippen LogP) is 1.96. The molecule has 0 saturated carbocycles. The lowest BCUT2D eigenvalue weighted by Crippen LogP contribution is -1.84. The topological polar surface area (TPSA) is 0 Å². The second kappa shape index (κ2) is 3.54. The van der Waals surface area contributed by atoms with Crippen LogP contribution in [-0.4, -0.2) is 11.0 Å². The summed E-state index contributed by atoms with van der Waals surface area (Å²) in [6.07, 6.45) is 0. The maximum Gasteiger partial charge on any atom is 0.00190 e. The first-order valence-corrected chi connectivity index (χ1v) is 3.27. The van der Waals surface area contributed by atoms with Crippen molar-refractivity contribution in [3.63, 3.8) is 0 Å². The lowest BCUT2D eigenvalue weighted by atomic mass is 10.6. The van der Waals surface area contributed by atoms with Crippen molar-refractivity contribution in [1.29, 1.82) is 0 Å². The molecular formula is C5H11S. The van der Waals surface area contributed by atoms with Crippen molar-refractivity contribution in [2.24, 2.45) is 0 Å². The molecule has 0 nitrogen and oxygen atoms in total. The van der Waals surface area contributed by atoms with Crippen LogP contribution in [0.5, 0.6) is 0 Å². The molecule has 0 aromatic heterocycles. The van der Waals surface area contributed by atoms with Crippen LogP contribution in [0.4, 0.5) is 0 Å². The van der Waals surface area contributed by atoms with Gasteiger partial charge in [-0.25, -0.2) is 0 Å². The van der Waals surface area contributed by atoms with Crippen molar-refractivity contribution < 1.29 is 0 Å². The fourth-order valence-corrected chi connectivity index (χ4v) is 0.854. The molecule has 0 aromatic carbocycles. The van der Waals surface area contributed by atoms with Crippen LogP contribution in [0.15, 0.2) is 0 Å². The number of rotatable bonds is 2. The highest BCUT2D eigenvalue weighted by atomic mass is 32.2. The summed E-state index contributed by atoms with van der Waals surface area (Å²) < 4.78 is 0. The van der Waals surface area contributed by atoms with Gasteiger partial charge in [0.2, 0.25) is 0 Å². The van der Waals surface area contributed by atoms with E-state index in [1.54, 1.807) is 0 Å². The Balaban J connectivity index is 2.63. The van der Waals surface area contributed by atoms with Crippen LogP contribution in [0.25, 0.3) is 0 Å². The van der Waals surface area contributed by atoms with Gasteiger partial charge in [-0.05, 0) is 12.7 Å². The third-order valence-electron chi connectivity index (χ3n) is 0.451. The Labute approximate surface area is 44.3 Å². The monoisotopic (exact) mass is 103 g/mol. The smallest absolute Gasteiger partial charge is 0.00190 e. The van der Waals surface area contributed by atoms with Crippen molar-refractivity contribution in [2.75, 3.05) is 5.75 Å².